The lowest BCUT2D eigenvalue weighted by Crippen LogP contribution is -2.36. The van der Waals surface area contributed by atoms with Crippen LogP contribution in [0.4, 0.5) is 17.5 Å². The Morgan fingerprint density at radius 1 is 0.857 bits per heavy atom. The van der Waals surface area contributed by atoms with Crippen LogP contribution in [0.15, 0.2) is 67.0 Å². The van der Waals surface area contributed by atoms with Gasteiger partial charge in [-0.1, -0.05) is 30.3 Å². The molecular formula is C21H20N6O. The van der Waals surface area contributed by atoms with Gasteiger partial charge >= 0.3 is 0 Å². The summed E-state index contributed by atoms with van der Waals surface area (Å²) >= 11 is 0. The minimum Gasteiger partial charge on any atom is -0.378 e. The van der Waals surface area contributed by atoms with E-state index in [1.165, 1.54) is 0 Å². The molecule has 4 heterocycles. The molecule has 1 fully saturated rings. The number of morpholine rings is 1. The normalized spacial score (nSPS) is 14.4. The fourth-order valence-electron chi connectivity index (χ4n) is 3.36. The molecule has 0 bridgehead atoms. The van der Waals surface area contributed by atoms with Crippen molar-refractivity contribution in [2.75, 3.05) is 36.5 Å². The molecule has 0 unspecified atom stereocenters. The molecule has 1 saturated heterocycles. The average molecular weight is 372 g/mol. The standard InChI is InChI=1S/C21H20N6O/c1-2-4-16(5-3-1)19-8-7-18-15-23-21(25-27(18)19)24-17-6-9-20(22-14-17)26-10-12-28-13-11-26/h1-9,14-15H,10-13H2,(H,24,25). The second-order valence-corrected chi connectivity index (χ2v) is 6.63. The van der Waals surface area contributed by atoms with Gasteiger partial charge in [-0.3, -0.25) is 0 Å². The number of ether oxygens (including phenoxy) is 1. The number of rotatable bonds is 4. The molecule has 1 aliphatic heterocycles. The zero-order valence-corrected chi connectivity index (χ0v) is 15.3. The van der Waals surface area contributed by atoms with Gasteiger partial charge in [-0.25, -0.2) is 14.5 Å². The zero-order chi connectivity index (χ0) is 18.8. The van der Waals surface area contributed by atoms with Crippen LogP contribution >= 0.6 is 0 Å². The molecule has 1 N–H and O–H groups in total. The molecule has 0 saturated carbocycles. The van der Waals surface area contributed by atoms with Crippen molar-refractivity contribution < 1.29 is 4.74 Å². The number of fused-ring (bicyclic) bond motifs is 1. The van der Waals surface area contributed by atoms with Crippen molar-refractivity contribution in [3.63, 3.8) is 0 Å². The summed E-state index contributed by atoms with van der Waals surface area (Å²) in [5, 5.41) is 7.90. The highest BCUT2D eigenvalue weighted by Crippen LogP contribution is 2.22. The second kappa shape index (κ2) is 7.28. The van der Waals surface area contributed by atoms with Crippen molar-refractivity contribution in [3.05, 3.63) is 67.0 Å². The summed E-state index contributed by atoms with van der Waals surface area (Å²) in [5.74, 6) is 1.49. The number of nitrogens with zero attached hydrogens (tertiary/aromatic N) is 5. The first-order valence-electron chi connectivity index (χ1n) is 9.33. The van der Waals surface area contributed by atoms with Crippen LogP contribution < -0.4 is 10.2 Å². The molecule has 3 aromatic heterocycles. The van der Waals surface area contributed by atoms with Crippen LogP contribution in [0.2, 0.25) is 0 Å². The first kappa shape index (κ1) is 16.7. The molecule has 0 atom stereocenters. The van der Waals surface area contributed by atoms with Gasteiger partial charge < -0.3 is 15.0 Å². The van der Waals surface area contributed by atoms with E-state index in [-0.39, 0.29) is 0 Å². The Morgan fingerprint density at radius 3 is 2.50 bits per heavy atom. The Kier molecular flexibility index (Phi) is 4.34. The Hall–Kier alpha value is -3.45. The summed E-state index contributed by atoms with van der Waals surface area (Å²) in [4.78, 5) is 11.2. The van der Waals surface area contributed by atoms with E-state index in [0.717, 1.165) is 54.6 Å². The second-order valence-electron chi connectivity index (χ2n) is 6.63. The minimum atomic E-state index is 0.529. The number of hydrogen-bond acceptors (Lipinski definition) is 6. The van der Waals surface area contributed by atoms with E-state index < -0.39 is 0 Å². The lowest BCUT2D eigenvalue weighted by molar-refractivity contribution is 0.122. The van der Waals surface area contributed by atoms with E-state index in [2.05, 4.69) is 43.5 Å². The number of hydrogen-bond donors (Lipinski definition) is 1. The maximum atomic E-state index is 5.39. The fraction of sp³-hybridized carbons (Fsp3) is 0.190. The number of nitrogens with one attached hydrogen (secondary N) is 1. The summed E-state index contributed by atoms with van der Waals surface area (Å²) in [5.41, 5.74) is 3.94. The number of pyridine rings is 1. The van der Waals surface area contributed by atoms with Crippen LogP contribution in [0.25, 0.3) is 16.8 Å². The van der Waals surface area contributed by atoms with Crippen LogP contribution in [0.3, 0.4) is 0 Å². The predicted molar refractivity (Wildman–Crippen MR) is 109 cm³/mol. The average Bonchev–Trinajstić information content (AvgIpc) is 3.19. The number of anilines is 3. The summed E-state index contributed by atoms with van der Waals surface area (Å²) in [6.07, 6.45) is 3.63. The van der Waals surface area contributed by atoms with Gasteiger partial charge in [0, 0.05) is 18.7 Å². The van der Waals surface area contributed by atoms with Crippen molar-refractivity contribution in [2.24, 2.45) is 0 Å². The van der Waals surface area contributed by atoms with E-state index in [1.54, 1.807) is 0 Å². The third-order valence-corrected chi connectivity index (χ3v) is 4.81. The maximum absolute atomic E-state index is 5.39. The molecule has 7 heteroatoms. The van der Waals surface area contributed by atoms with Gasteiger partial charge in [-0.2, -0.15) is 0 Å². The van der Waals surface area contributed by atoms with Crippen molar-refractivity contribution in [1.29, 1.82) is 0 Å². The van der Waals surface area contributed by atoms with Crippen LogP contribution in [0.5, 0.6) is 0 Å². The van der Waals surface area contributed by atoms with Crippen molar-refractivity contribution in [1.82, 2.24) is 19.6 Å². The lowest BCUT2D eigenvalue weighted by atomic mass is 10.2. The maximum Gasteiger partial charge on any atom is 0.245 e. The lowest BCUT2D eigenvalue weighted by Gasteiger charge is -2.27. The Labute approximate surface area is 162 Å². The van der Waals surface area contributed by atoms with Gasteiger partial charge in [0.05, 0.1) is 42.5 Å². The van der Waals surface area contributed by atoms with Crippen molar-refractivity contribution >= 4 is 23.0 Å². The Balaban J connectivity index is 1.39. The quantitative estimate of drug-likeness (QED) is 0.592. The molecule has 0 aliphatic carbocycles. The fourth-order valence-corrected chi connectivity index (χ4v) is 3.36. The molecule has 0 amide bonds. The monoisotopic (exact) mass is 372 g/mol. The highest BCUT2D eigenvalue weighted by molar-refractivity contribution is 5.66. The van der Waals surface area contributed by atoms with E-state index in [1.807, 2.05) is 53.3 Å². The highest BCUT2D eigenvalue weighted by Gasteiger charge is 2.12. The van der Waals surface area contributed by atoms with E-state index in [9.17, 15) is 0 Å². The smallest absolute Gasteiger partial charge is 0.245 e. The topological polar surface area (TPSA) is 67.6 Å². The number of benzene rings is 1. The van der Waals surface area contributed by atoms with Gasteiger partial charge in [0.1, 0.15) is 5.82 Å². The highest BCUT2D eigenvalue weighted by atomic mass is 16.5. The number of aromatic nitrogens is 4. The molecule has 5 rings (SSSR count). The van der Waals surface area contributed by atoms with Crippen molar-refractivity contribution in [2.45, 2.75) is 0 Å². The Bertz CT molecular complexity index is 1070. The van der Waals surface area contributed by atoms with Crippen molar-refractivity contribution in [3.8, 4) is 11.3 Å². The van der Waals surface area contributed by atoms with Crippen LogP contribution in [-0.4, -0.2) is 45.9 Å². The molecule has 7 nitrogen and oxygen atoms in total. The van der Waals surface area contributed by atoms with E-state index in [0.29, 0.717) is 5.95 Å². The zero-order valence-electron chi connectivity index (χ0n) is 15.3. The third-order valence-electron chi connectivity index (χ3n) is 4.81. The largest absolute Gasteiger partial charge is 0.378 e. The first-order chi connectivity index (χ1) is 13.9. The molecule has 0 radical (unpaired) electrons. The SMILES string of the molecule is c1ccc(-c2ccc3cnc(Nc4ccc(N5CCOCC5)nc4)nn23)cc1. The molecule has 28 heavy (non-hydrogen) atoms. The van der Waals surface area contributed by atoms with Gasteiger partial charge in [0.25, 0.3) is 0 Å². The summed E-state index contributed by atoms with van der Waals surface area (Å²) in [7, 11) is 0. The summed E-state index contributed by atoms with van der Waals surface area (Å²) < 4.78 is 7.30. The summed E-state index contributed by atoms with van der Waals surface area (Å²) in [6.45, 7) is 3.23. The molecule has 1 aromatic carbocycles. The van der Waals surface area contributed by atoms with Gasteiger partial charge in [0.15, 0.2) is 0 Å². The van der Waals surface area contributed by atoms with Crippen LogP contribution in [0.1, 0.15) is 0 Å². The van der Waals surface area contributed by atoms with E-state index in [4.69, 9.17) is 4.74 Å². The van der Waals surface area contributed by atoms with Gasteiger partial charge in [0.2, 0.25) is 5.95 Å². The molecule has 0 spiro atoms. The third kappa shape index (κ3) is 3.27. The molecule has 1 aliphatic rings. The van der Waals surface area contributed by atoms with E-state index >= 15 is 0 Å². The predicted octanol–water partition coefficient (Wildman–Crippen LogP) is 3.37. The van der Waals surface area contributed by atoms with Gasteiger partial charge in [-0.15, -0.1) is 5.10 Å². The molecular weight excluding hydrogens is 352 g/mol. The Morgan fingerprint density at radius 2 is 1.71 bits per heavy atom. The van der Waals surface area contributed by atoms with Crippen LogP contribution in [-0.2, 0) is 4.74 Å². The molecule has 4 aromatic rings. The summed E-state index contributed by atoms with van der Waals surface area (Å²) in [6, 6.07) is 18.3. The first-order valence-corrected chi connectivity index (χ1v) is 9.33. The molecule has 140 valence electrons. The van der Waals surface area contributed by atoms with Crippen LogP contribution in [0, 0.1) is 0 Å². The van der Waals surface area contributed by atoms with Gasteiger partial charge in [-0.05, 0) is 24.3 Å². The minimum absolute atomic E-state index is 0.529.